The smallest absolute Gasteiger partial charge is 0.135 e. The zero-order valence-electron chi connectivity index (χ0n) is 47.3. The third kappa shape index (κ3) is 9.01. The number of benzene rings is 8. The summed E-state index contributed by atoms with van der Waals surface area (Å²) < 4.78 is 30.4. The van der Waals surface area contributed by atoms with Crippen LogP contribution in [0.25, 0.3) is 82.1 Å². The van der Waals surface area contributed by atoms with Gasteiger partial charge in [-0.3, -0.25) is 0 Å². The van der Waals surface area contributed by atoms with Crippen molar-refractivity contribution in [3.63, 3.8) is 0 Å². The Morgan fingerprint density at radius 3 is 1.84 bits per heavy atom. The Balaban J connectivity index is 0.00000645. The van der Waals surface area contributed by atoms with Gasteiger partial charge in [0.05, 0.1) is 0 Å². The van der Waals surface area contributed by atoms with Gasteiger partial charge in [-0.05, 0) is 142 Å². The van der Waals surface area contributed by atoms with Gasteiger partial charge in [-0.1, -0.05) is 197 Å². The van der Waals surface area contributed by atoms with Crippen LogP contribution in [0, 0.1) is 24.7 Å². The van der Waals surface area contributed by atoms with E-state index in [1.54, 1.807) is 0 Å². The van der Waals surface area contributed by atoms with E-state index >= 15 is 0 Å². The Labute approximate surface area is 465 Å². The molecule has 384 valence electrons. The van der Waals surface area contributed by atoms with Crippen LogP contribution in [0.4, 0.5) is 11.4 Å². The van der Waals surface area contributed by atoms with Crippen LogP contribution in [0.15, 0.2) is 170 Å². The van der Waals surface area contributed by atoms with E-state index in [0.29, 0.717) is 17.1 Å². The molecule has 0 spiro atoms. The molecule has 3 aromatic heterocycles. The van der Waals surface area contributed by atoms with E-state index in [0.717, 1.165) is 99.0 Å². The molecule has 0 atom stereocenters. The van der Waals surface area contributed by atoms with Gasteiger partial charge in [0.1, 0.15) is 5.82 Å². The first kappa shape index (κ1) is 48.3. The Hall–Kier alpha value is -7.33. The van der Waals surface area contributed by atoms with Crippen molar-refractivity contribution < 1.29 is 28.5 Å². The molecule has 0 aliphatic carbocycles. The van der Waals surface area contributed by atoms with Gasteiger partial charge in [-0.2, -0.15) is 12.1 Å². The molecular weight excluding hydrogens is 1110 g/mol. The Bertz CT molecular complexity index is 4260. The quantitative estimate of drug-likeness (QED) is 0.149. The summed E-state index contributed by atoms with van der Waals surface area (Å²) in [5.74, 6) is 1.72. The Morgan fingerprint density at radius 1 is 0.553 bits per heavy atom. The molecule has 11 aromatic rings. The molecule has 0 saturated heterocycles. The maximum absolute atomic E-state index is 9.52. The van der Waals surface area contributed by atoms with Crippen molar-refractivity contribution in [3.05, 3.63) is 211 Å². The molecule has 4 heterocycles. The van der Waals surface area contributed by atoms with Gasteiger partial charge < -0.3 is 18.8 Å². The summed E-state index contributed by atoms with van der Waals surface area (Å²) in [7, 11) is 0. The molecule has 5 nitrogen and oxygen atoms in total. The predicted octanol–water partition coefficient (Wildman–Crippen LogP) is 19.0. The third-order valence-electron chi connectivity index (χ3n) is 14.9. The number of nitrogens with zero attached hydrogens (tertiary/aromatic N) is 4. The second kappa shape index (κ2) is 19.0. The largest absolute Gasteiger partial charge is 0.509 e. The summed E-state index contributed by atoms with van der Waals surface area (Å²) in [5.41, 5.74) is 11.4. The van der Waals surface area contributed by atoms with Crippen molar-refractivity contribution in [3.8, 4) is 28.4 Å². The SMILES string of the molecule is [2H]C([2H])(c1cc(-c2cc(C(C)(C)C)cc3c4ccccc4c4ccccc4c4cccc5c4n(c23)[CH-]N5c2[c-]c(Oc3[c-]c4c(cc3)c3ccccc3n4-c3cc(C(C)(C)C)ccn3)ccc2)cc(C(C)(C)C)c1)C(C)C.[Pt]. The number of anilines is 2. The van der Waals surface area contributed by atoms with Gasteiger partial charge in [0, 0.05) is 52.7 Å². The first-order chi connectivity index (χ1) is 36.6. The number of ether oxygens (including phenoxy) is 1. The van der Waals surface area contributed by atoms with Crippen molar-refractivity contribution in [2.45, 2.75) is 98.8 Å². The topological polar surface area (TPSA) is 35.2 Å². The van der Waals surface area contributed by atoms with Crippen LogP contribution in [0.2, 0.25) is 0 Å². The molecule has 0 unspecified atom stereocenters. The fourth-order valence-electron chi connectivity index (χ4n) is 11.0. The zero-order valence-corrected chi connectivity index (χ0v) is 47.6. The molecule has 0 fully saturated rings. The van der Waals surface area contributed by atoms with Gasteiger partial charge in [-0.25, -0.2) is 4.98 Å². The predicted molar refractivity (Wildman–Crippen MR) is 317 cm³/mol. The molecule has 1 aliphatic rings. The van der Waals surface area contributed by atoms with Gasteiger partial charge >= 0.3 is 0 Å². The van der Waals surface area contributed by atoms with Crippen molar-refractivity contribution >= 4 is 76.5 Å². The number of aromatic nitrogens is 3. The second-order valence-corrected chi connectivity index (χ2v) is 23.7. The average Bonchev–Trinajstić information content (AvgIpc) is 4.20. The van der Waals surface area contributed by atoms with Gasteiger partial charge in [0.15, 0.2) is 0 Å². The van der Waals surface area contributed by atoms with Gasteiger partial charge in [0.25, 0.3) is 0 Å². The molecule has 8 aromatic carbocycles. The summed E-state index contributed by atoms with van der Waals surface area (Å²) in [5, 5.41) is 8.95. The minimum absolute atomic E-state index is 0. The molecular formula is C70H65N4OPt-3. The van der Waals surface area contributed by atoms with E-state index in [1.807, 2.05) is 38.2 Å². The van der Waals surface area contributed by atoms with Crippen molar-refractivity contribution in [1.29, 1.82) is 0 Å². The van der Waals surface area contributed by atoms with E-state index < -0.39 is 6.37 Å². The zero-order chi connectivity index (χ0) is 53.9. The maximum Gasteiger partial charge on any atom is 0.135 e. The van der Waals surface area contributed by atoms with Crippen LogP contribution in [-0.2, 0) is 43.7 Å². The molecule has 0 saturated carbocycles. The molecule has 0 radical (unpaired) electrons. The molecule has 6 heteroatoms. The van der Waals surface area contributed by atoms with E-state index in [2.05, 4.69) is 241 Å². The summed E-state index contributed by atoms with van der Waals surface area (Å²) in [6.45, 7) is 26.4. The maximum atomic E-state index is 9.52. The summed E-state index contributed by atoms with van der Waals surface area (Å²) in [6.07, 6.45) is 0.324. The van der Waals surface area contributed by atoms with Crippen LogP contribution in [0.5, 0.6) is 11.5 Å². The fraction of sp³-hybridized carbons (Fsp3) is 0.229. The van der Waals surface area contributed by atoms with E-state index in [-0.39, 0.29) is 43.2 Å². The standard InChI is InChI=1S/C70H65N4O.Pt/c1-44(2)34-45-35-46(37-48(36-45)69(6,7)8)60-38-49(70(9,10)11)39-61-56-25-15-13-23-54(56)53-22-12-14-24-55(53)59-27-19-29-63-67(59)73(66(60)61)43-72(63)50-20-18-21-51(41-50)75-52-30-31-58-57-26-16-17-28-62(57)74(64(58)42-52)65-40-47(32-33-71-65)68(3,4)5;/h12-33,35-40,43-44H,34H2,1-11H3;/q-3;/i34D2;. The Morgan fingerprint density at radius 2 is 1.16 bits per heavy atom. The van der Waals surface area contributed by atoms with Crippen molar-refractivity contribution in [1.82, 2.24) is 14.1 Å². The summed E-state index contributed by atoms with van der Waals surface area (Å²) >= 11 is 0. The minimum Gasteiger partial charge on any atom is -0.509 e. The summed E-state index contributed by atoms with van der Waals surface area (Å²) in [4.78, 5) is 7.14. The van der Waals surface area contributed by atoms with Crippen LogP contribution in [-0.4, -0.2) is 14.1 Å². The average molecular weight is 1180 g/mol. The van der Waals surface area contributed by atoms with E-state index in [1.165, 1.54) is 11.1 Å². The van der Waals surface area contributed by atoms with Crippen LogP contribution < -0.4 is 9.64 Å². The van der Waals surface area contributed by atoms with Gasteiger partial charge in [0.2, 0.25) is 0 Å². The molecule has 1 aliphatic heterocycles. The number of pyridine rings is 1. The third-order valence-corrected chi connectivity index (χ3v) is 14.9. The number of para-hydroxylation sites is 2. The number of hydrogen-bond donors (Lipinski definition) is 0. The van der Waals surface area contributed by atoms with Crippen molar-refractivity contribution in [2.75, 3.05) is 4.90 Å². The van der Waals surface area contributed by atoms with Crippen LogP contribution >= 0.6 is 0 Å². The molecule has 0 N–H and O–H groups in total. The molecule has 12 rings (SSSR count). The number of hydrogen-bond acceptors (Lipinski definition) is 3. The molecule has 76 heavy (non-hydrogen) atoms. The normalized spacial score (nSPS) is 13.4. The summed E-state index contributed by atoms with van der Waals surface area (Å²) in [6, 6.07) is 65.8. The Kier molecular flexibility index (Phi) is 12.1. The number of rotatable bonds is 7. The van der Waals surface area contributed by atoms with Gasteiger partial charge in [-0.15, -0.1) is 35.7 Å². The van der Waals surface area contributed by atoms with Crippen LogP contribution in [0.1, 0.15) is 101 Å². The van der Waals surface area contributed by atoms with Crippen LogP contribution in [0.3, 0.4) is 0 Å². The first-order valence-corrected chi connectivity index (χ1v) is 26.4. The molecule has 0 amide bonds. The minimum atomic E-state index is -1.58. The number of fused-ring (bicyclic) bond motifs is 10. The second-order valence-electron chi connectivity index (χ2n) is 23.7. The first-order valence-electron chi connectivity index (χ1n) is 27.4. The fourth-order valence-corrected chi connectivity index (χ4v) is 11.0. The monoisotopic (exact) mass is 1170 g/mol. The van der Waals surface area contributed by atoms with E-state index in [4.69, 9.17) is 9.72 Å². The molecule has 0 bridgehead atoms. The van der Waals surface area contributed by atoms with Crippen molar-refractivity contribution in [2.24, 2.45) is 5.92 Å². The van der Waals surface area contributed by atoms with E-state index in [9.17, 15) is 2.74 Å².